The summed E-state index contributed by atoms with van der Waals surface area (Å²) in [5, 5.41) is 7.02. The molecule has 3 aromatic rings. The van der Waals surface area contributed by atoms with E-state index >= 15 is 4.39 Å². The summed E-state index contributed by atoms with van der Waals surface area (Å²) in [6.45, 7) is 11.4. The van der Waals surface area contributed by atoms with Crippen molar-refractivity contribution in [2.75, 3.05) is 18.5 Å². The predicted molar refractivity (Wildman–Crippen MR) is 212 cm³/mol. The lowest BCUT2D eigenvalue weighted by molar-refractivity contribution is -0.150. The van der Waals surface area contributed by atoms with Crippen LogP contribution in [0.2, 0.25) is 0 Å². The zero-order valence-corrected chi connectivity index (χ0v) is 35.1. The van der Waals surface area contributed by atoms with Crippen molar-refractivity contribution in [3.05, 3.63) is 101 Å². The Hall–Kier alpha value is -5.52. The lowest BCUT2D eigenvalue weighted by Crippen LogP contribution is -2.59. The minimum Gasteiger partial charge on any atom is -0.447 e. The maximum atomic E-state index is 15.7. The first-order valence-corrected chi connectivity index (χ1v) is 19.5. The van der Waals surface area contributed by atoms with E-state index in [9.17, 15) is 41.1 Å². The predicted octanol–water partition coefficient (Wildman–Crippen LogP) is 8.77. The molecule has 4 rings (SSSR count). The van der Waals surface area contributed by atoms with Crippen molar-refractivity contribution < 1.29 is 64.5 Å². The molecule has 12 nitrogen and oxygen atoms in total. The standard InChI is InChI=1S/C43H52F6N4O8/c1-24-34(23-58-38(55)50-25(2)43(47,48)49)53(40(57)61-42(6,7)8)22-30(59-24)20-21-31-32(46)10-9-11-33(31)51-37(54)36(52-39(56)60-41(3,4)5)35(26-12-16-28(44)17-13-26)27-14-18-29(45)19-15-27/h9-19,24-25,30,34-36H,20-23H2,1-8H3,(H,50,55)(H,51,54)(H,52,56)/t24-,25-,30+,34+,36-/m0/s1. The summed E-state index contributed by atoms with van der Waals surface area (Å²) in [6, 6.07) is 9.67. The molecule has 0 aromatic heterocycles. The lowest BCUT2D eigenvalue weighted by Gasteiger charge is -2.43. The maximum Gasteiger partial charge on any atom is 0.410 e. The first-order valence-electron chi connectivity index (χ1n) is 19.5. The number of nitrogens with one attached hydrogen (secondary N) is 3. The number of alkyl carbamates (subject to hydrolysis) is 2. The number of alkyl halides is 3. The fourth-order valence-electron chi connectivity index (χ4n) is 6.52. The average Bonchev–Trinajstić information content (AvgIpc) is 3.13. The second kappa shape index (κ2) is 19.9. The van der Waals surface area contributed by atoms with E-state index in [1.54, 1.807) is 53.8 Å². The highest BCUT2D eigenvalue weighted by Crippen LogP contribution is 2.32. The average molecular weight is 867 g/mol. The molecule has 334 valence electrons. The van der Waals surface area contributed by atoms with E-state index in [2.05, 4.69) is 10.6 Å². The molecule has 18 heteroatoms. The number of halogens is 6. The Labute approximate surface area is 350 Å². The van der Waals surface area contributed by atoms with Crippen LogP contribution in [0.1, 0.15) is 84.4 Å². The van der Waals surface area contributed by atoms with E-state index in [1.807, 2.05) is 0 Å². The molecule has 0 spiro atoms. The first kappa shape index (κ1) is 48.1. The number of carbonyl (C=O) groups is 4. The summed E-state index contributed by atoms with van der Waals surface area (Å²) in [5.41, 5.74) is -1.12. The monoisotopic (exact) mass is 866 g/mol. The number of benzene rings is 3. The van der Waals surface area contributed by atoms with Gasteiger partial charge in [0.15, 0.2) is 0 Å². The normalized spacial score (nSPS) is 18.1. The smallest absolute Gasteiger partial charge is 0.410 e. The number of amides is 4. The second-order valence-electron chi connectivity index (χ2n) is 16.7. The number of ether oxygens (including phenoxy) is 4. The van der Waals surface area contributed by atoms with Gasteiger partial charge >= 0.3 is 24.5 Å². The van der Waals surface area contributed by atoms with Gasteiger partial charge in [0.1, 0.15) is 47.3 Å². The Morgan fingerprint density at radius 2 is 1.36 bits per heavy atom. The molecule has 1 aliphatic rings. The Balaban J connectivity index is 1.60. The van der Waals surface area contributed by atoms with Crippen LogP contribution in [-0.4, -0.2) is 90.0 Å². The van der Waals surface area contributed by atoms with Gasteiger partial charge in [-0.2, -0.15) is 13.2 Å². The van der Waals surface area contributed by atoms with Crippen LogP contribution in [0.15, 0.2) is 66.7 Å². The molecule has 4 amide bonds. The molecule has 0 aliphatic carbocycles. The van der Waals surface area contributed by atoms with Gasteiger partial charge in [-0.05, 0) is 116 Å². The highest BCUT2D eigenvalue weighted by molar-refractivity contribution is 5.98. The molecule has 1 heterocycles. The van der Waals surface area contributed by atoms with Gasteiger partial charge in [-0.1, -0.05) is 30.3 Å². The van der Waals surface area contributed by atoms with Crippen LogP contribution >= 0.6 is 0 Å². The Morgan fingerprint density at radius 3 is 1.89 bits per heavy atom. The molecule has 0 unspecified atom stereocenters. The van der Waals surface area contributed by atoms with Crippen LogP contribution in [0.3, 0.4) is 0 Å². The van der Waals surface area contributed by atoms with E-state index in [0.717, 1.165) is 6.92 Å². The van der Waals surface area contributed by atoms with E-state index in [4.69, 9.17) is 18.9 Å². The SMILES string of the molecule is C[C@@H]1O[C@H](CCc2c(F)cccc2NC(=O)[C@@H](NC(=O)OC(C)(C)C)C(c2ccc(F)cc2)c2ccc(F)cc2)CN(C(=O)OC(C)(C)C)[C@@H]1COC(=O)N[C@@H](C)C(F)(F)F. The maximum absolute atomic E-state index is 15.7. The zero-order valence-electron chi connectivity index (χ0n) is 35.1. The van der Waals surface area contributed by atoms with Gasteiger partial charge in [0.25, 0.3) is 0 Å². The number of rotatable bonds is 12. The van der Waals surface area contributed by atoms with Crippen molar-refractivity contribution in [1.82, 2.24) is 15.5 Å². The van der Waals surface area contributed by atoms with Crippen molar-refractivity contribution in [2.24, 2.45) is 0 Å². The molecular formula is C43H52F6N4O8. The minimum atomic E-state index is -4.72. The molecule has 1 aliphatic heterocycles. The van der Waals surface area contributed by atoms with Gasteiger partial charge in [-0.3, -0.25) is 9.69 Å². The number of morpholine rings is 1. The van der Waals surface area contributed by atoms with Crippen LogP contribution in [0.4, 0.5) is 46.4 Å². The molecule has 0 radical (unpaired) electrons. The molecule has 1 fully saturated rings. The van der Waals surface area contributed by atoms with E-state index < -0.39 is 102 Å². The minimum absolute atomic E-state index is 0.0242. The number of anilines is 1. The molecule has 0 saturated carbocycles. The molecule has 3 aromatic carbocycles. The molecule has 0 bridgehead atoms. The van der Waals surface area contributed by atoms with Crippen LogP contribution in [0.25, 0.3) is 0 Å². The third kappa shape index (κ3) is 14.3. The number of hydrogen-bond donors (Lipinski definition) is 3. The Kier molecular flexibility index (Phi) is 15.7. The first-order chi connectivity index (χ1) is 28.3. The Bertz CT molecular complexity index is 1940. The van der Waals surface area contributed by atoms with Crippen molar-refractivity contribution in [3.63, 3.8) is 0 Å². The number of hydrogen-bond acceptors (Lipinski definition) is 8. The largest absolute Gasteiger partial charge is 0.447 e. The third-order valence-corrected chi connectivity index (χ3v) is 9.43. The lowest BCUT2D eigenvalue weighted by atomic mass is 9.84. The summed E-state index contributed by atoms with van der Waals surface area (Å²) in [4.78, 5) is 54.6. The van der Waals surface area contributed by atoms with Gasteiger partial charge in [-0.25, -0.2) is 27.6 Å². The van der Waals surface area contributed by atoms with E-state index in [1.165, 1.54) is 71.6 Å². The van der Waals surface area contributed by atoms with Gasteiger partial charge < -0.3 is 34.9 Å². The fraction of sp³-hybridized carbons (Fsp3) is 0.488. The summed E-state index contributed by atoms with van der Waals surface area (Å²) in [7, 11) is 0. The Morgan fingerprint density at radius 1 is 0.803 bits per heavy atom. The van der Waals surface area contributed by atoms with Crippen LogP contribution < -0.4 is 16.0 Å². The number of nitrogens with zero attached hydrogens (tertiary/aromatic N) is 1. The molecule has 61 heavy (non-hydrogen) atoms. The quantitative estimate of drug-likeness (QED) is 0.121. The number of carbonyl (C=O) groups excluding carboxylic acids is 4. The van der Waals surface area contributed by atoms with Crippen molar-refractivity contribution in [3.8, 4) is 0 Å². The van der Waals surface area contributed by atoms with E-state index in [0.29, 0.717) is 11.1 Å². The zero-order chi connectivity index (χ0) is 45.4. The highest BCUT2D eigenvalue weighted by Gasteiger charge is 2.42. The van der Waals surface area contributed by atoms with Gasteiger partial charge in [-0.15, -0.1) is 0 Å². The summed E-state index contributed by atoms with van der Waals surface area (Å²) in [6.07, 6.45) is -9.49. The van der Waals surface area contributed by atoms with Crippen molar-refractivity contribution in [2.45, 2.75) is 122 Å². The van der Waals surface area contributed by atoms with Crippen LogP contribution in [0.5, 0.6) is 0 Å². The van der Waals surface area contributed by atoms with Gasteiger partial charge in [0, 0.05) is 17.2 Å². The van der Waals surface area contributed by atoms with E-state index in [-0.39, 0.29) is 30.6 Å². The van der Waals surface area contributed by atoms with Gasteiger partial charge in [0.2, 0.25) is 5.91 Å². The van der Waals surface area contributed by atoms with Gasteiger partial charge in [0.05, 0.1) is 24.8 Å². The topological polar surface area (TPSA) is 145 Å². The molecule has 1 saturated heterocycles. The fourth-order valence-corrected chi connectivity index (χ4v) is 6.52. The van der Waals surface area contributed by atoms with Crippen LogP contribution in [0, 0.1) is 17.5 Å². The summed E-state index contributed by atoms with van der Waals surface area (Å²) >= 11 is 0. The summed E-state index contributed by atoms with van der Waals surface area (Å²) < 4.78 is 105. The molecule has 5 atom stereocenters. The second-order valence-corrected chi connectivity index (χ2v) is 16.7. The third-order valence-electron chi connectivity index (χ3n) is 9.43. The molecular weight excluding hydrogens is 814 g/mol. The van der Waals surface area contributed by atoms with Crippen LogP contribution in [-0.2, 0) is 30.2 Å². The molecule has 3 N–H and O–H groups in total. The van der Waals surface area contributed by atoms with Crippen molar-refractivity contribution >= 4 is 29.9 Å². The highest BCUT2D eigenvalue weighted by atomic mass is 19.4. The van der Waals surface area contributed by atoms with Crippen molar-refractivity contribution in [1.29, 1.82) is 0 Å². The summed E-state index contributed by atoms with van der Waals surface area (Å²) in [5.74, 6) is -3.70.